The first-order chi connectivity index (χ1) is 10.0. The summed E-state index contributed by atoms with van der Waals surface area (Å²) in [7, 11) is 0. The van der Waals surface area contributed by atoms with Crippen molar-refractivity contribution in [2.75, 3.05) is 17.6 Å². The smallest absolute Gasteiger partial charge is 0.167 e. The third kappa shape index (κ3) is 3.27. The van der Waals surface area contributed by atoms with Crippen LogP contribution < -0.4 is 11.1 Å². The molecule has 0 aliphatic rings. The highest BCUT2D eigenvalue weighted by atomic mass is 16.3. The second kappa shape index (κ2) is 6.20. The maximum Gasteiger partial charge on any atom is 0.167 e. The van der Waals surface area contributed by atoms with Crippen molar-refractivity contribution in [3.8, 4) is 6.07 Å². The number of nitrogens with one attached hydrogen (secondary N) is 1. The maximum atomic E-state index is 10.1. The lowest BCUT2D eigenvalue weighted by atomic mass is 10.1. The van der Waals surface area contributed by atoms with Gasteiger partial charge in [0.1, 0.15) is 11.6 Å². The molecule has 0 bridgehead atoms. The summed E-state index contributed by atoms with van der Waals surface area (Å²) in [6.45, 7) is 3.86. The molecule has 0 fully saturated rings. The van der Waals surface area contributed by atoms with Crippen molar-refractivity contribution >= 4 is 11.5 Å². The van der Waals surface area contributed by atoms with Gasteiger partial charge >= 0.3 is 0 Å². The van der Waals surface area contributed by atoms with E-state index < -0.39 is 6.10 Å². The van der Waals surface area contributed by atoms with E-state index in [1.807, 2.05) is 6.92 Å². The van der Waals surface area contributed by atoms with E-state index >= 15 is 0 Å². The van der Waals surface area contributed by atoms with Crippen LogP contribution in [-0.4, -0.2) is 21.8 Å². The highest BCUT2D eigenvalue weighted by Gasteiger charge is 2.13. The number of aryl methyl sites for hydroxylation is 1. The number of benzene rings is 1. The summed E-state index contributed by atoms with van der Waals surface area (Å²) in [5.74, 6) is 0.384. The Bertz CT molecular complexity index is 676. The normalized spacial score (nSPS) is 11.7. The lowest BCUT2D eigenvalue weighted by molar-refractivity contribution is 0.191. The van der Waals surface area contributed by atoms with Gasteiger partial charge in [0, 0.05) is 12.2 Å². The number of nitrogens with zero attached hydrogens (tertiary/aromatic N) is 3. The number of aromatic nitrogens is 2. The molecular weight excluding hydrogens is 266 g/mol. The maximum absolute atomic E-state index is 10.1. The number of hydrogen-bond donors (Lipinski definition) is 3. The highest BCUT2D eigenvalue weighted by Crippen LogP contribution is 2.19. The summed E-state index contributed by atoms with van der Waals surface area (Å²) in [5, 5.41) is 30.3. The average molecular weight is 283 g/mol. The minimum absolute atomic E-state index is 0.232. The minimum atomic E-state index is -0.722. The van der Waals surface area contributed by atoms with Gasteiger partial charge in [-0.25, -0.2) is 0 Å². The van der Waals surface area contributed by atoms with Gasteiger partial charge in [-0.15, -0.1) is 5.10 Å². The van der Waals surface area contributed by atoms with Crippen molar-refractivity contribution in [2.24, 2.45) is 0 Å². The van der Waals surface area contributed by atoms with Gasteiger partial charge in [0.2, 0.25) is 0 Å². The molecule has 0 saturated heterocycles. The Morgan fingerprint density at radius 2 is 1.95 bits per heavy atom. The van der Waals surface area contributed by atoms with Crippen molar-refractivity contribution in [3.63, 3.8) is 0 Å². The molecule has 0 radical (unpaired) electrons. The topological polar surface area (TPSA) is 108 Å². The third-order valence-electron chi connectivity index (χ3n) is 3.35. The highest BCUT2D eigenvalue weighted by molar-refractivity contribution is 5.55. The molecule has 21 heavy (non-hydrogen) atoms. The number of nitrogen functional groups attached to an aromatic ring is 1. The molecular formula is C15H17N5O. The molecule has 1 aromatic heterocycles. The second-order valence-corrected chi connectivity index (χ2v) is 4.81. The molecule has 1 aromatic carbocycles. The number of anilines is 2. The van der Waals surface area contributed by atoms with Crippen LogP contribution in [0.25, 0.3) is 0 Å². The van der Waals surface area contributed by atoms with Gasteiger partial charge in [0.25, 0.3) is 0 Å². The molecule has 2 aromatic rings. The van der Waals surface area contributed by atoms with Gasteiger partial charge < -0.3 is 16.2 Å². The molecule has 2 rings (SSSR count). The second-order valence-electron chi connectivity index (χ2n) is 4.81. The standard InChI is InChI=1S/C15H17N5O/c1-9-10(2)19-20-15(13(9)7-16)18-8-14(21)11-3-5-12(17)6-4-11/h3-6,14,21H,8,17H2,1-2H3,(H,18,20). The van der Waals surface area contributed by atoms with Crippen LogP contribution in [0.2, 0.25) is 0 Å². The van der Waals surface area contributed by atoms with E-state index in [0.717, 1.165) is 16.8 Å². The summed E-state index contributed by atoms with van der Waals surface area (Å²) in [6, 6.07) is 9.10. The van der Waals surface area contributed by atoms with Crippen molar-refractivity contribution in [3.05, 3.63) is 46.6 Å². The van der Waals surface area contributed by atoms with Crippen LogP contribution in [0.3, 0.4) is 0 Å². The molecule has 0 saturated carbocycles. The van der Waals surface area contributed by atoms with Crippen molar-refractivity contribution < 1.29 is 5.11 Å². The number of nitriles is 1. The van der Waals surface area contributed by atoms with Crippen LogP contribution in [0, 0.1) is 25.2 Å². The van der Waals surface area contributed by atoms with Gasteiger partial charge in [-0.3, -0.25) is 0 Å². The van der Waals surface area contributed by atoms with Crippen LogP contribution in [0.1, 0.15) is 28.5 Å². The van der Waals surface area contributed by atoms with Crippen LogP contribution >= 0.6 is 0 Å². The molecule has 0 aliphatic heterocycles. The molecule has 1 atom stereocenters. The zero-order chi connectivity index (χ0) is 15.4. The molecule has 6 nitrogen and oxygen atoms in total. The van der Waals surface area contributed by atoms with E-state index in [1.54, 1.807) is 31.2 Å². The van der Waals surface area contributed by atoms with E-state index in [2.05, 4.69) is 21.6 Å². The Labute approximate surface area is 123 Å². The van der Waals surface area contributed by atoms with E-state index in [-0.39, 0.29) is 6.54 Å². The lowest BCUT2D eigenvalue weighted by Gasteiger charge is -2.14. The Morgan fingerprint density at radius 3 is 2.57 bits per heavy atom. The first kappa shape index (κ1) is 14.8. The van der Waals surface area contributed by atoms with Gasteiger partial charge in [-0.1, -0.05) is 12.1 Å². The number of aliphatic hydroxyl groups excluding tert-OH is 1. The van der Waals surface area contributed by atoms with Crippen LogP contribution in [0.5, 0.6) is 0 Å². The quantitative estimate of drug-likeness (QED) is 0.737. The first-order valence-electron chi connectivity index (χ1n) is 6.54. The van der Waals surface area contributed by atoms with E-state index in [1.165, 1.54) is 0 Å². The molecule has 6 heteroatoms. The summed E-state index contributed by atoms with van der Waals surface area (Å²) in [5.41, 5.74) is 8.95. The Balaban J connectivity index is 2.12. The van der Waals surface area contributed by atoms with E-state index in [4.69, 9.17) is 5.73 Å². The van der Waals surface area contributed by atoms with Gasteiger partial charge in [-0.05, 0) is 37.1 Å². The Morgan fingerprint density at radius 1 is 1.29 bits per heavy atom. The SMILES string of the molecule is Cc1nnc(NCC(O)c2ccc(N)cc2)c(C#N)c1C. The number of nitrogens with two attached hydrogens (primary N) is 1. The third-order valence-corrected chi connectivity index (χ3v) is 3.35. The first-order valence-corrected chi connectivity index (χ1v) is 6.54. The summed E-state index contributed by atoms with van der Waals surface area (Å²) < 4.78 is 0. The predicted octanol–water partition coefficient (Wildman–Crippen LogP) is 1.69. The zero-order valence-corrected chi connectivity index (χ0v) is 12.0. The lowest BCUT2D eigenvalue weighted by Crippen LogP contribution is -2.15. The summed E-state index contributed by atoms with van der Waals surface area (Å²) in [6.07, 6.45) is -0.722. The minimum Gasteiger partial charge on any atom is -0.399 e. The fourth-order valence-corrected chi connectivity index (χ4v) is 1.90. The van der Waals surface area contributed by atoms with Crippen molar-refractivity contribution in [2.45, 2.75) is 20.0 Å². The molecule has 0 amide bonds. The molecule has 1 unspecified atom stereocenters. The van der Waals surface area contributed by atoms with E-state index in [9.17, 15) is 10.4 Å². The molecule has 0 aliphatic carbocycles. The number of hydrogen-bond acceptors (Lipinski definition) is 6. The van der Waals surface area contributed by atoms with Crippen molar-refractivity contribution in [1.29, 1.82) is 5.26 Å². The van der Waals surface area contributed by atoms with Crippen LogP contribution in [0.4, 0.5) is 11.5 Å². The fourth-order valence-electron chi connectivity index (χ4n) is 1.90. The predicted molar refractivity (Wildman–Crippen MR) is 80.5 cm³/mol. The molecule has 1 heterocycles. The number of aliphatic hydroxyl groups is 1. The Hall–Kier alpha value is -2.65. The zero-order valence-electron chi connectivity index (χ0n) is 12.0. The summed E-state index contributed by atoms with van der Waals surface area (Å²) >= 11 is 0. The largest absolute Gasteiger partial charge is 0.399 e. The van der Waals surface area contributed by atoms with Gasteiger partial charge in [0.05, 0.1) is 11.8 Å². The molecule has 4 N–H and O–H groups in total. The van der Waals surface area contributed by atoms with Gasteiger partial charge in [-0.2, -0.15) is 10.4 Å². The molecule has 0 spiro atoms. The number of rotatable bonds is 4. The average Bonchev–Trinajstić information content (AvgIpc) is 2.49. The van der Waals surface area contributed by atoms with Crippen molar-refractivity contribution in [1.82, 2.24) is 10.2 Å². The van der Waals surface area contributed by atoms with E-state index in [0.29, 0.717) is 17.1 Å². The fraction of sp³-hybridized carbons (Fsp3) is 0.267. The van der Waals surface area contributed by atoms with Crippen LogP contribution in [0.15, 0.2) is 24.3 Å². The monoisotopic (exact) mass is 283 g/mol. The molecule has 108 valence electrons. The van der Waals surface area contributed by atoms with Gasteiger partial charge in [0.15, 0.2) is 5.82 Å². The Kier molecular flexibility index (Phi) is 4.36. The summed E-state index contributed by atoms with van der Waals surface area (Å²) in [4.78, 5) is 0. The van der Waals surface area contributed by atoms with Crippen LogP contribution in [-0.2, 0) is 0 Å².